The second kappa shape index (κ2) is 10.6. The van der Waals surface area contributed by atoms with Gasteiger partial charge in [-0.1, -0.05) is 30.3 Å². The third-order valence-corrected chi connectivity index (χ3v) is 11.1. The lowest BCUT2D eigenvalue weighted by molar-refractivity contribution is -0.199. The van der Waals surface area contributed by atoms with E-state index < -0.39 is 29.7 Å². The highest BCUT2D eigenvalue weighted by Crippen LogP contribution is 2.74. The van der Waals surface area contributed by atoms with E-state index in [2.05, 4.69) is 39.1 Å². The molecule has 2 bridgehead atoms. The van der Waals surface area contributed by atoms with Crippen LogP contribution in [0.4, 0.5) is 5.69 Å². The minimum atomic E-state index is -1.00. The predicted octanol–water partition coefficient (Wildman–Crippen LogP) is 4.58. The van der Waals surface area contributed by atoms with E-state index in [1.54, 1.807) is 41.9 Å². The van der Waals surface area contributed by atoms with E-state index in [-0.39, 0.29) is 46.7 Å². The van der Waals surface area contributed by atoms with Crippen LogP contribution in [0, 0.1) is 10.8 Å². The first-order valence-electron chi connectivity index (χ1n) is 15.5. The van der Waals surface area contributed by atoms with E-state index >= 15 is 0 Å². The molecule has 3 saturated carbocycles. The van der Waals surface area contributed by atoms with Crippen LogP contribution in [-0.4, -0.2) is 52.0 Å². The second-order valence-electron chi connectivity index (χ2n) is 13.2. The summed E-state index contributed by atoms with van der Waals surface area (Å²) in [5, 5.41) is 10.1. The molecule has 2 unspecified atom stereocenters. The fourth-order valence-corrected chi connectivity index (χ4v) is 9.26. The van der Waals surface area contributed by atoms with E-state index in [1.807, 2.05) is 24.3 Å². The van der Waals surface area contributed by atoms with Gasteiger partial charge in [0, 0.05) is 47.0 Å². The van der Waals surface area contributed by atoms with E-state index in [0.717, 1.165) is 40.0 Å². The van der Waals surface area contributed by atoms with Gasteiger partial charge in [0.05, 0.1) is 17.2 Å². The molecule has 2 aliphatic heterocycles. The van der Waals surface area contributed by atoms with Gasteiger partial charge >= 0.3 is 0 Å². The van der Waals surface area contributed by atoms with Crippen molar-refractivity contribution in [3.05, 3.63) is 94.6 Å². The summed E-state index contributed by atoms with van der Waals surface area (Å²) in [6.45, 7) is 0.618. The van der Waals surface area contributed by atoms with E-state index in [9.17, 15) is 24.0 Å². The summed E-state index contributed by atoms with van der Waals surface area (Å²) in [4.78, 5) is 70.5. The summed E-state index contributed by atoms with van der Waals surface area (Å²) in [5.41, 5.74) is 2.03. The van der Waals surface area contributed by atoms with Crippen molar-refractivity contribution in [1.29, 1.82) is 0 Å². The Morgan fingerprint density at radius 2 is 1.83 bits per heavy atom. The van der Waals surface area contributed by atoms with Crippen molar-refractivity contribution < 1.29 is 24.0 Å². The number of fused-ring (bicyclic) bond motifs is 2. The molecular formula is C35H31N5O5S. The zero-order chi connectivity index (χ0) is 31.6. The lowest BCUT2D eigenvalue weighted by Crippen LogP contribution is -2.65. The Labute approximate surface area is 268 Å². The molecule has 1 saturated heterocycles. The minimum Gasteiger partial charge on any atom is -0.384 e. The van der Waals surface area contributed by atoms with Crippen LogP contribution in [0.1, 0.15) is 75.7 Å². The number of hydrogen-bond acceptors (Lipinski definition) is 8. The molecular weight excluding hydrogens is 602 g/mol. The molecule has 2 aromatic heterocycles. The van der Waals surface area contributed by atoms with Crippen LogP contribution in [0.2, 0.25) is 0 Å². The lowest BCUT2D eigenvalue weighted by Gasteiger charge is -2.71. The fourth-order valence-electron chi connectivity index (χ4n) is 8.11. The molecule has 10 nitrogen and oxygen atoms in total. The maximum Gasteiger partial charge on any atom is 0.264 e. The second-order valence-corrected chi connectivity index (χ2v) is 14.3. The largest absolute Gasteiger partial charge is 0.384 e. The predicted molar refractivity (Wildman–Crippen MR) is 171 cm³/mol. The number of anilines is 1. The molecule has 9 rings (SSSR count). The topological polar surface area (TPSA) is 138 Å². The Bertz CT molecular complexity index is 1900. The molecule has 232 valence electrons. The first-order valence-corrected chi connectivity index (χ1v) is 16.3. The molecule has 4 fully saturated rings. The Morgan fingerprint density at radius 1 is 1.00 bits per heavy atom. The summed E-state index contributed by atoms with van der Waals surface area (Å²) in [5.74, 6) is -2.05. The first kappa shape index (κ1) is 28.6. The SMILES string of the molecule is O=C1CCC(N2C(=O)c3cccc(NCC45CC(CC(=O)NC(c6cccnc6)c6cc7ccccc7s6)(C4)C5)c3C2=O)C(=O)N1. The maximum atomic E-state index is 13.5. The highest BCUT2D eigenvalue weighted by atomic mass is 32.1. The van der Waals surface area contributed by atoms with Gasteiger partial charge in [-0.2, -0.15) is 0 Å². The smallest absolute Gasteiger partial charge is 0.264 e. The van der Waals surface area contributed by atoms with E-state index in [4.69, 9.17) is 0 Å². The van der Waals surface area contributed by atoms with Gasteiger partial charge in [0.2, 0.25) is 17.7 Å². The number of rotatable bonds is 9. The number of aromatic nitrogens is 1. The van der Waals surface area contributed by atoms with Crippen LogP contribution in [0.25, 0.3) is 10.1 Å². The van der Waals surface area contributed by atoms with Gasteiger partial charge in [-0.15, -0.1) is 11.3 Å². The first-order chi connectivity index (χ1) is 22.2. The van der Waals surface area contributed by atoms with Gasteiger partial charge in [-0.05, 0) is 77.8 Å². The standard InChI is InChI=1S/C35H31N5O5S/c41-27-11-10-24(31(43)39-27)40-32(44)22-7-3-8-23(29(22)33(40)45)37-19-35-16-34(17-35,18-35)14-28(42)38-30(21-6-4-12-36-15-21)26-13-20-5-1-2-9-25(20)46-26/h1-9,12-13,15,24,30,37H,10-11,14,16-19H2,(H,38,42)(H,39,41,43). The summed E-state index contributed by atoms with van der Waals surface area (Å²) in [7, 11) is 0. The van der Waals surface area contributed by atoms with Crippen molar-refractivity contribution in [3.8, 4) is 0 Å². The van der Waals surface area contributed by atoms with Crippen LogP contribution < -0.4 is 16.0 Å². The third kappa shape index (κ3) is 4.68. The van der Waals surface area contributed by atoms with E-state index in [1.165, 1.54) is 4.70 Å². The van der Waals surface area contributed by atoms with E-state index in [0.29, 0.717) is 18.7 Å². The Balaban J connectivity index is 0.911. The molecule has 46 heavy (non-hydrogen) atoms. The number of pyridine rings is 1. The summed E-state index contributed by atoms with van der Waals surface area (Å²) < 4.78 is 1.17. The monoisotopic (exact) mass is 633 g/mol. The molecule has 4 heterocycles. The highest BCUT2D eigenvalue weighted by molar-refractivity contribution is 7.19. The van der Waals surface area contributed by atoms with Crippen LogP contribution in [0.15, 0.2) is 73.1 Å². The number of benzene rings is 2. The molecule has 4 aromatic rings. The van der Waals surface area contributed by atoms with Crippen molar-refractivity contribution in [2.45, 2.75) is 50.6 Å². The quantitative estimate of drug-likeness (QED) is 0.230. The molecule has 0 radical (unpaired) electrons. The molecule has 2 aromatic carbocycles. The van der Waals surface area contributed by atoms with Crippen LogP contribution in [0.3, 0.4) is 0 Å². The number of nitrogens with one attached hydrogen (secondary N) is 3. The molecule has 0 spiro atoms. The Morgan fingerprint density at radius 3 is 2.59 bits per heavy atom. The van der Waals surface area contributed by atoms with Crippen LogP contribution in [-0.2, 0) is 14.4 Å². The zero-order valence-electron chi connectivity index (χ0n) is 24.9. The average molecular weight is 634 g/mol. The number of imide groups is 2. The van der Waals surface area contributed by atoms with Gasteiger partial charge in [0.1, 0.15) is 6.04 Å². The van der Waals surface area contributed by atoms with Crippen molar-refractivity contribution in [1.82, 2.24) is 20.5 Å². The summed E-state index contributed by atoms with van der Waals surface area (Å²) in [6.07, 6.45) is 6.90. The Kier molecular flexibility index (Phi) is 6.57. The van der Waals surface area contributed by atoms with Gasteiger partial charge in [0.25, 0.3) is 11.8 Å². The number of amides is 5. The number of carbonyl (C=O) groups is 5. The summed E-state index contributed by atoms with van der Waals surface area (Å²) >= 11 is 1.68. The van der Waals surface area contributed by atoms with Gasteiger partial charge in [-0.3, -0.25) is 39.2 Å². The van der Waals surface area contributed by atoms with Crippen molar-refractivity contribution in [2.75, 3.05) is 11.9 Å². The fraction of sp³-hybridized carbons (Fsp3) is 0.314. The summed E-state index contributed by atoms with van der Waals surface area (Å²) in [6, 6.07) is 18.1. The van der Waals surface area contributed by atoms with Crippen molar-refractivity contribution in [3.63, 3.8) is 0 Å². The highest BCUT2D eigenvalue weighted by Gasteiger charge is 2.67. The third-order valence-electron chi connectivity index (χ3n) is 9.96. The number of carbonyl (C=O) groups excluding carboxylic acids is 5. The normalized spacial score (nSPS) is 25.4. The van der Waals surface area contributed by atoms with Crippen LogP contribution >= 0.6 is 11.3 Å². The van der Waals surface area contributed by atoms with Gasteiger partial charge in [0.15, 0.2) is 0 Å². The van der Waals surface area contributed by atoms with Crippen molar-refractivity contribution in [2.24, 2.45) is 10.8 Å². The number of hydrogen-bond donors (Lipinski definition) is 3. The zero-order valence-corrected chi connectivity index (χ0v) is 25.7. The van der Waals surface area contributed by atoms with Crippen molar-refractivity contribution >= 4 is 56.6 Å². The van der Waals surface area contributed by atoms with Gasteiger partial charge < -0.3 is 10.6 Å². The lowest BCUT2D eigenvalue weighted by atomic mass is 9.34. The van der Waals surface area contributed by atoms with Gasteiger partial charge in [-0.25, -0.2) is 0 Å². The Hall–Kier alpha value is -4.90. The average Bonchev–Trinajstić information content (AvgIpc) is 3.56. The molecule has 3 aliphatic carbocycles. The molecule has 2 atom stereocenters. The minimum absolute atomic E-state index is 0.0195. The molecule has 5 aliphatic rings. The molecule has 11 heteroatoms. The molecule has 3 N–H and O–H groups in total. The number of thiophene rings is 1. The number of nitrogens with zero attached hydrogens (tertiary/aromatic N) is 2. The molecule has 5 amide bonds. The maximum absolute atomic E-state index is 13.5. The van der Waals surface area contributed by atoms with Crippen LogP contribution in [0.5, 0.6) is 0 Å². The number of piperidine rings is 1.